The Balaban J connectivity index is 1.07. The number of hydrogen-bond donors (Lipinski definition) is 2. The van der Waals surface area contributed by atoms with Crippen LogP contribution in [0.5, 0.6) is 0 Å². The second kappa shape index (κ2) is 8.27. The second-order valence-corrected chi connectivity index (χ2v) is 10.1. The molecule has 4 aromatic rings. The normalized spacial score (nSPS) is 22.6. The van der Waals surface area contributed by atoms with Crippen molar-refractivity contribution in [2.24, 2.45) is 11.8 Å². The number of anilines is 2. The molecule has 38 heavy (non-hydrogen) atoms. The lowest BCUT2D eigenvalue weighted by Gasteiger charge is -2.16. The molecule has 1 saturated heterocycles. The fraction of sp³-hybridized carbons (Fsp3) is 0.250. The third-order valence-corrected chi connectivity index (χ3v) is 7.83. The van der Waals surface area contributed by atoms with Crippen LogP contribution in [0.4, 0.5) is 25.1 Å². The highest BCUT2D eigenvalue weighted by molar-refractivity contribution is 5.87. The van der Waals surface area contributed by atoms with Crippen molar-refractivity contribution in [3.05, 3.63) is 78.2 Å². The number of aromatic amines is 1. The van der Waals surface area contributed by atoms with Crippen LogP contribution in [0.1, 0.15) is 24.1 Å². The van der Waals surface area contributed by atoms with Gasteiger partial charge in [-0.2, -0.15) is 14.5 Å². The predicted molar refractivity (Wildman–Crippen MR) is 138 cm³/mol. The number of carbonyl (C=O) groups is 1. The minimum Gasteiger partial charge on any atom is -0.340 e. The first-order chi connectivity index (χ1) is 18.4. The van der Waals surface area contributed by atoms with E-state index in [1.54, 1.807) is 28.1 Å². The molecule has 2 fully saturated rings. The van der Waals surface area contributed by atoms with Gasteiger partial charge in [-0.15, -0.1) is 0 Å². The molecular weight excluding hydrogens is 488 g/mol. The largest absolute Gasteiger partial charge is 0.493 e. The van der Waals surface area contributed by atoms with E-state index in [1.165, 1.54) is 0 Å². The fourth-order valence-corrected chi connectivity index (χ4v) is 5.52. The number of piperidine rings is 1. The Labute approximate surface area is 217 Å². The predicted octanol–water partition coefficient (Wildman–Crippen LogP) is 5.10. The number of aromatic nitrogens is 4. The molecule has 2 aromatic heterocycles. The molecule has 8 nitrogen and oxygen atoms in total. The van der Waals surface area contributed by atoms with Gasteiger partial charge < -0.3 is 5.32 Å². The maximum absolute atomic E-state index is 13.6. The van der Waals surface area contributed by atoms with E-state index in [1.807, 2.05) is 61.7 Å². The molecule has 2 N–H and O–H groups in total. The maximum Gasteiger partial charge on any atom is 0.493 e. The summed E-state index contributed by atoms with van der Waals surface area (Å²) in [6, 6.07) is 15.2. The zero-order valence-corrected chi connectivity index (χ0v) is 20.5. The zero-order chi connectivity index (χ0) is 26.0. The highest BCUT2D eigenvalue weighted by Crippen LogP contribution is 2.59. The molecule has 0 radical (unpaired) electrons. The first-order valence-corrected chi connectivity index (χ1v) is 12.5. The molecule has 1 aliphatic carbocycles. The Hall–Kier alpha value is -4.47. The van der Waals surface area contributed by atoms with Gasteiger partial charge in [0.05, 0.1) is 31.1 Å². The molecule has 3 unspecified atom stereocenters. The second-order valence-electron chi connectivity index (χ2n) is 10.1. The number of benzene rings is 2. The van der Waals surface area contributed by atoms with E-state index in [9.17, 15) is 13.6 Å². The first kappa shape index (κ1) is 22.7. The van der Waals surface area contributed by atoms with Crippen LogP contribution in [0.15, 0.2) is 67.1 Å². The van der Waals surface area contributed by atoms with E-state index in [4.69, 9.17) is 4.98 Å². The van der Waals surface area contributed by atoms with E-state index in [0.717, 1.165) is 33.5 Å². The average molecular weight is 513 g/mol. The molecule has 7 rings (SSSR count). The number of nitrogens with one attached hydrogen (secondary N) is 2. The van der Waals surface area contributed by atoms with Crippen molar-refractivity contribution < 1.29 is 18.2 Å². The summed E-state index contributed by atoms with van der Waals surface area (Å²) in [4.78, 5) is 23.8. The van der Waals surface area contributed by atoms with Gasteiger partial charge in [-0.05, 0) is 36.8 Å². The molecule has 3 aliphatic rings. The van der Waals surface area contributed by atoms with Crippen LogP contribution in [0.2, 0.25) is 0 Å². The Bertz CT molecular complexity index is 1570. The summed E-state index contributed by atoms with van der Waals surface area (Å²) in [5, 5.41) is 10.1. The van der Waals surface area contributed by atoms with E-state index in [2.05, 4.69) is 20.5 Å². The van der Waals surface area contributed by atoms with Crippen molar-refractivity contribution in [2.75, 3.05) is 18.4 Å². The molecule has 3 atom stereocenters. The summed E-state index contributed by atoms with van der Waals surface area (Å²) in [5.74, 6) is -2.77. The molecular formula is C28H24F2N7O+. The van der Waals surface area contributed by atoms with Crippen molar-refractivity contribution in [3.63, 3.8) is 0 Å². The summed E-state index contributed by atoms with van der Waals surface area (Å²) in [6.07, 6.45) is 7.14. The standard InChI is InChI=1S/C28H23F2N7O/c1-16-22-10-18(2-3-19(22)13-37(16)27(38)36-14-23-24(15-36)28(23,29)30)26-31-9-8-25(35-26)34-21-6-4-17(5-7-21)20-11-32-33-12-20/h2-13,16,23-24H,14-15H2,1H3,(H,31,35)/p+1. The molecule has 4 heterocycles. The lowest BCUT2D eigenvalue weighted by molar-refractivity contribution is -0.471. The summed E-state index contributed by atoms with van der Waals surface area (Å²) >= 11 is 0. The Morgan fingerprint density at radius 2 is 1.84 bits per heavy atom. The quantitative estimate of drug-likeness (QED) is 0.372. The summed E-state index contributed by atoms with van der Waals surface area (Å²) < 4.78 is 28.8. The average Bonchev–Trinajstić information content (AvgIpc) is 3.51. The van der Waals surface area contributed by atoms with E-state index in [-0.39, 0.29) is 25.2 Å². The lowest BCUT2D eigenvalue weighted by Crippen LogP contribution is -2.39. The van der Waals surface area contributed by atoms with Gasteiger partial charge in [-0.3, -0.25) is 5.10 Å². The Morgan fingerprint density at radius 3 is 2.58 bits per heavy atom. The van der Waals surface area contributed by atoms with Crippen LogP contribution in [0.3, 0.4) is 0 Å². The van der Waals surface area contributed by atoms with Gasteiger partial charge in [0.2, 0.25) is 0 Å². The molecule has 10 heteroatoms. The number of carbonyl (C=O) groups excluding carboxylic acids is 1. The van der Waals surface area contributed by atoms with Crippen LogP contribution in [0, 0.1) is 11.8 Å². The molecule has 1 saturated carbocycles. The van der Waals surface area contributed by atoms with Crippen molar-refractivity contribution >= 4 is 23.8 Å². The van der Waals surface area contributed by atoms with E-state index in [0.29, 0.717) is 11.6 Å². The summed E-state index contributed by atoms with van der Waals surface area (Å²) in [7, 11) is 0. The number of rotatable bonds is 4. The number of nitrogens with zero attached hydrogens (tertiary/aromatic N) is 5. The minimum atomic E-state index is -2.61. The number of likely N-dealkylation sites (tertiary alicyclic amines) is 1. The van der Waals surface area contributed by atoms with Crippen LogP contribution in [0.25, 0.3) is 22.5 Å². The molecule has 2 aromatic carbocycles. The van der Waals surface area contributed by atoms with Crippen LogP contribution in [-0.4, -0.2) is 60.9 Å². The third-order valence-electron chi connectivity index (χ3n) is 7.83. The molecule has 0 spiro atoms. The molecule has 190 valence electrons. The molecule has 0 bridgehead atoms. The topological polar surface area (TPSA) is 89.8 Å². The summed E-state index contributed by atoms with van der Waals surface area (Å²) in [5.41, 5.74) is 5.70. The van der Waals surface area contributed by atoms with Crippen molar-refractivity contribution in [1.82, 2.24) is 25.1 Å². The van der Waals surface area contributed by atoms with Gasteiger partial charge in [-0.25, -0.2) is 23.6 Å². The Kier molecular flexibility index (Phi) is 4.94. The monoisotopic (exact) mass is 512 g/mol. The number of H-pyrrole nitrogens is 1. The smallest absolute Gasteiger partial charge is 0.340 e. The van der Waals surface area contributed by atoms with Gasteiger partial charge in [0, 0.05) is 40.3 Å². The van der Waals surface area contributed by atoms with E-state index < -0.39 is 17.8 Å². The number of alkyl halides is 2. The first-order valence-electron chi connectivity index (χ1n) is 12.5. The molecule has 2 amide bonds. The Morgan fingerprint density at radius 1 is 1.08 bits per heavy atom. The van der Waals surface area contributed by atoms with Gasteiger partial charge in [-0.1, -0.05) is 24.3 Å². The highest BCUT2D eigenvalue weighted by atomic mass is 19.3. The third kappa shape index (κ3) is 3.67. The van der Waals surface area contributed by atoms with Crippen molar-refractivity contribution in [2.45, 2.75) is 18.9 Å². The summed E-state index contributed by atoms with van der Waals surface area (Å²) in [6.45, 7) is 2.19. The van der Waals surface area contributed by atoms with E-state index >= 15 is 0 Å². The van der Waals surface area contributed by atoms with Gasteiger partial charge in [0.1, 0.15) is 18.1 Å². The SMILES string of the molecule is CC1c2cc(-c3nccc(Nc4ccc(-c5cn[nH]c5)cc4)n3)ccc2C=[N+]1C(=O)N1CC2C(C1)C2(F)F. The molecule has 2 aliphatic heterocycles. The number of amides is 2. The zero-order valence-electron chi connectivity index (χ0n) is 20.5. The number of halogens is 2. The minimum absolute atomic E-state index is 0.120. The van der Waals surface area contributed by atoms with Crippen molar-refractivity contribution in [3.8, 4) is 22.5 Å². The van der Waals surface area contributed by atoms with Gasteiger partial charge in [0.15, 0.2) is 5.82 Å². The maximum atomic E-state index is 13.6. The number of fused-ring (bicyclic) bond motifs is 2. The van der Waals surface area contributed by atoms with Crippen LogP contribution < -0.4 is 5.32 Å². The highest BCUT2D eigenvalue weighted by Gasteiger charge is 2.75. The number of urea groups is 1. The number of hydrogen-bond acceptors (Lipinski definition) is 5. The fourth-order valence-electron chi connectivity index (χ4n) is 5.52. The van der Waals surface area contributed by atoms with Crippen LogP contribution in [-0.2, 0) is 0 Å². The van der Waals surface area contributed by atoms with Gasteiger partial charge in [0.25, 0.3) is 5.92 Å². The van der Waals surface area contributed by atoms with Crippen LogP contribution >= 0.6 is 0 Å². The van der Waals surface area contributed by atoms with Crippen molar-refractivity contribution in [1.29, 1.82) is 0 Å². The van der Waals surface area contributed by atoms with Gasteiger partial charge >= 0.3 is 6.03 Å². The lowest BCUT2D eigenvalue weighted by atomic mass is 10.0.